The van der Waals surface area contributed by atoms with E-state index in [1.807, 2.05) is 37.3 Å². The molecular formula is C23H30N4O4. The first-order chi connectivity index (χ1) is 14.8. The van der Waals surface area contributed by atoms with Gasteiger partial charge in [-0.05, 0) is 43.0 Å². The van der Waals surface area contributed by atoms with Crippen LogP contribution in [0.4, 0.5) is 0 Å². The number of nitrogens with two attached hydrogens (primary N) is 1. The lowest BCUT2D eigenvalue weighted by Crippen LogP contribution is -2.51. The van der Waals surface area contributed by atoms with Gasteiger partial charge in [-0.1, -0.05) is 42.5 Å². The van der Waals surface area contributed by atoms with E-state index in [0.717, 1.165) is 11.1 Å². The van der Waals surface area contributed by atoms with Gasteiger partial charge in [0.2, 0.25) is 17.7 Å². The monoisotopic (exact) mass is 426 g/mol. The summed E-state index contributed by atoms with van der Waals surface area (Å²) in [5, 5.41) is 17.9. The lowest BCUT2D eigenvalue weighted by Gasteiger charge is -2.21. The van der Waals surface area contributed by atoms with E-state index in [9.17, 15) is 19.5 Å². The molecule has 2 rings (SSSR count). The summed E-state index contributed by atoms with van der Waals surface area (Å²) in [6.07, 6.45) is 1.33. The van der Waals surface area contributed by atoms with Gasteiger partial charge in [-0.2, -0.15) is 0 Å². The number of carbonyl (C=O) groups is 3. The summed E-state index contributed by atoms with van der Waals surface area (Å²) in [4.78, 5) is 35.7. The first-order valence-electron chi connectivity index (χ1n) is 10.2. The summed E-state index contributed by atoms with van der Waals surface area (Å²) < 4.78 is 0. The third-order valence-electron chi connectivity index (χ3n) is 4.69. The molecule has 0 aliphatic carbocycles. The van der Waals surface area contributed by atoms with Gasteiger partial charge < -0.3 is 26.8 Å². The number of rotatable bonds is 12. The normalized spacial score (nSPS) is 12.5. The highest BCUT2D eigenvalue weighted by Gasteiger charge is 2.20. The van der Waals surface area contributed by atoms with Crippen LogP contribution in [0, 0.1) is 0 Å². The van der Waals surface area contributed by atoms with Crippen molar-refractivity contribution in [3.63, 3.8) is 0 Å². The van der Waals surface area contributed by atoms with E-state index in [1.54, 1.807) is 24.3 Å². The van der Waals surface area contributed by atoms with E-state index in [-0.39, 0.29) is 30.2 Å². The van der Waals surface area contributed by atoms with Gasteiger partial charge >= 0.3 is 0 Å². The predicted molar refractivity (Wildman–Crippen MR) is 118 cm³/mol. The number of benzene rings is 2. The first kappa shape index (κ1) is 23.9. The summed E-state index contributed by atoms with van der Waals surface area (Å²) in [6.45, 7) is 2.01. The molecule has 0 aliphatic rings. The molecule has 8 nitrogen and oxygen atoms in total. The van der Waals surface area contributed by atoms with E-state index >= 15 is 0 Å². The largest absolute Gasteiger partial charge is 0.508 e. The van der Waals surface area contributed by atoms with Crippen molar-refractivity contribution in [1.29, 1.82) is 0 Å². The Hall–Kier alpha value is -3.39. The van der Waals surface area contributed by atoms with E-state index in [2.05, 4.69) is 16.0 Å². The van der Waals surface area contributed by atoms with Crippen LogP contribution in [0.1, 0.15) is 24.5 Å². The van der Waals surface area contributed by atoms with Crippen molar-refractivity contribution in [2.45, 2.75) is 38.3 Å². The molecule has 0 saturated heterocycles. The van der Waals surface area contributed by atoms with Crippen molar-refractivity contribution < 1.29 is 19.5 Å². The number of nitrogens with one attached hydrogen (secondary N) is 3. The van der Waals surface area contributed by atoms with Crippen LogP contribution >= 0.6 is 0 Å². The highest BCUT2D eigenvalue weighted by atomic mass is 16.3. The summed E-state index contributed by atoms with van der Waals surface area (Å²) >= 11 is 0. The number of phenols is 1. The molecule has 0 heterocycles. The Morgan fingerprint density at radius 2 is 1.68 bits per heavy atom. The van der Waals surface area contributed by atoms with E-state index < -0.39 is 11.9 Å². The molecule has 0 radical (unpaired) electrons. The summed E-state index contributed by atoms with van der Waals surface area (Å²) in [5.74, 6) is -0.840. The van der Waals surface area contributed by atoms with Gasteiger partial charge in [0.15, 0.2) is 0 Å². The zero-order chi connectivity index (χ0) is 22.6. The quantitative estimate of drug-likeness (QED) is 0.339. The standard InChI is InChI=1S/C23H30N4O4/c1-16(27-22(30)12-9-17-7-10-19(28)11-8-17)14-25-20(23(31)26-15-21(24)29)13-18-5-3-2-4-6-18/h2-8,10-11,16,20,25,28H,9,12-15H2,1H3,(H2,24,29)(H,26,31)(H,27,30)/t16-,20+/m1/s1. The zero-order valence-corrected chi connectivity index (χ0v) is 17.6. The maximum Gasteiger partial charge on any atom is 0.237 e. The van der Waals surface area contributed by atoms with Crippen molar-refractivity contribution in [2.75, 3.05) is 13.1 Å². The Morgan fingerprint density at radius 1 is 1.00 bits per heavy atom. The molecule has 0 spiro atoms. The van der Waals surface area contributed by atoms with Crippen LogP contribution in [0.5, 0.6) is 5.75 Å². The Bertz CT molecular complexity index is 856. The number of phenolic OH excluding ortho intramolecular Hbond substituents is 1. The molecule has 8 heteroatoms. The van der Waals surface area contributed by atoms with Gasteiger partial charge in [-0.3, -0.25) is 14.4 Å². The Kier molecular flexibility index (Phi) is 9.51. The molecule has 6 N–H and O–H groups in total. The summed E-state index contributed by atoms with van der Waals surface area (Å²) in [7, 11) is 0. The SMILES string of the molecule is C[C@H](CN[C@@H](Cc1ccccc1)C(=O)NCC(N)=O)NC(=O)CCc1ccc(O)cc1. The van der Waals surface area contributed by atoms with Gasteiger partial charge in [0.05, 0.1) is 12.6 Å². The Balaban J connectivity index is 1.83. The van der Waals surface area contributed by atoms with Gasteiger partial charge in [0, 0.05) is 19.0 Å². The average molecular weight is 427 g/mol. The lowest BCUT2D eigenvalue weighted by molar-refractivity contribution is -0.126. The highest BCUT2D eigenvalue weighted by molar-refractivity contribution is 5.87. The van der Waals surface area contributed by atoms with Crippen molar-refractivity contribution in [3.8, 4) is 5.75 Å². The van der Waals surface area contributed by atoms with Crippen molar-refractivity contribution >= 4 is 17.7 Å². The topological polar surface area (TPSA) is 134 Å². The van der Waals surface area contributed by atoms with Crippen molar-refractivity contribution in [3.05, 3.63) is 65.7 Å². The molecule has 0 aromatic heterocycles. The smallest absolute Gasteiger partial charge is 0.237 e. The molecule has 31 heavy (non-hydrogen) atoms. The fraction of sp³-hybridized carbons (Fsp3) is 0.348. The second kappa shape index (κ2) is 12.3. The maximum absolute atomic E-state index is 12.5. The Morgan fingerprint density at radius 3 is 2.32 bits per heavy atom. The average Bonchev–Trinajstić information content (AvgIpc) is 2.75. The minimum Gasteiger partial charge on any atom is -0.508 e. The molecule has 166 valence electrons. The third-order valence-corrected chi connectivity index (χ3v) is 4.69. The number of amides is 3. The summed E-state index contributed by atoms with van der Waals surface area (Å²) in [5.41, 5.74) is 7.05. The molecule has 2 aromatic carbocycles. The second-order valence-electron chi connectivity index (χ2n) is 7.47. The van der Waals surface area contributed by atoms with Gasteiger partial charge in [-0.15, -0.1) is 0 Å². The van der Waals surface area contributed by atoms with Crippen molar-refractivity contribution in [2.24, 2.45) is 5.73 Å². The molecule has 0 fully saturated rings. The Labute approximate surface area is 182 Å². The molecule has 2 atom stereocenters. The number of aromatic hydroxyl groups is 1. The highest BCUT2D eigenvalue weighted by Crippen LogP contribution is 2.11. The number of hydrogen-bond donors (Lipinski definition) is 5. The van der Waals surface area contributed by atoms with Crippen LogP contribution in [0.15, 0.2) is 54.6 Å². The van der Waals surface area contributed by atoms with Crippen LogP contribution < -0.4 is 21.7 Å². The second-order valence-corrected chi connectivity index (χ2v) is 7.47. The maximum atomic E-state index is 12.5. The zero-order valence-electron chi connectivity index (χ0n) is 17.6. The van der Waals surface area contributed by atoms with Crippen LogP contribution in [-0.4, -0.2) is 48.0 Å². The van der Waals surface area contributed by atoms with E-state index in [4.69, 9.17) is 5.73 Å². The molecule has 0 bridgehead atoms. The molecule has 2 aromatic rings. The van der Waals surface area contributed by atoms with Crippen LogP contribution in [0.25, 0.3) is 0 Å². The van der Waals surface area contributed by atoms with Crippen LogP contribution in [0.3, 0.4) is 0 Å². The van der Waals surface area contributed by atoms with Crippen LogP contribution in [-0.2, 0) is 27.2 Å². The number of aryl methyl sites for hydroxylation is 1. The molecule has 0 aliphatic heterocycles. The molecule has 0 unspecified atom stereocenters. The number of primary amides is 1. The molecule has 0 saturated carbocycles. The minimum absolute atomic E-state index is 0.0971. The number of hydrogen-bond acceptors (Lipinski definition) is 5. The number of carbonyl (C=O) groups excluding carboxylic acids is 3. The predicted octanol–water partition coefficient (Wildman–Crippen LogP) is 0.632. The van der Waals surface area contributed by atoms with Crippen LogP contribution in [0.2, 0.25) is 0 Å². The fourth-order valence-corrected chi connectivity index (χ4v) is 3.04. The van der Waals surface area contributed by atoms with E-state index in [0.29, 0.717) is 25.8 Å². The van der Waals surface area contributed by atoms with Crippen molar-refractivity contribution in [1.82, 2.24) is 16.0 Å². The van der Waals surface area contributed by atoms with E-state index in [1.165, 1.54) is 0 Å². The molecular weight excluding hydrogens is 396 g/mol. The first-order valence-corrected chi connectivity index (χ1v) is 10.2. The lowest BCUT2D eigenvalue weighted by atomic mass is 10.0. The fourth-order valence-electron chi connectivity index (χ4n) is 3.04. The molecule has 3 amide bonds. The van der Waals surface area contributed by atoms with Gasteiger partial charge in [0.1, 0.15) is 5.75 Å². The summed E-state index contributed by atoms with van der Waals surface area (Å²) in [6, 6.07) is 15.5. The third kappa shape index (κ3) is 9.31. The van der Waals surface area contributed by atoms with Gasteiger partial charge in [-0.25, -0.2) is 0 Å². The minimum atomic E-state index is -0.610. The van der Waals surface area contributed by atoms with Gasteiger partial charge in [0.25, 0.3) is 0 Å².